The van der Waals surface area contributed by atoms with Crippen molar-refractivity contribution in [3.8, 4) is 0 Å². The van der Waals surface area contributed by atoms with Crippen LogP contribution in [0.3, 0.4) is 0 Å². The molecule has 5 heteroatoms. The van der Waals surface area contributed by atoms with Gasteiger partial charge in [-0.3, -0.25) is 4.79 Å². The number of amides is 1. The predicted molar refractivity (Wildman–Crippen MR) is 92.4 cm³/mol. The van der Waals surface area contributed by atoms with Crippen LogP contribution in [0.5, 0.6) is 0 Å². The molecule has 22 heavy (non-hydrogen) atoms. The average molecular weight is 324 g/mol. The summed E-state index contributed by atoms with van der Waals surface area (Å²) in [6.07, 6.45) is 4.04. The molecule has 1 aromatic rings. The highest BCUT2D eigenvalue weighted by Crippen LogP contribution is 2.29. The van der Waals surface area contributed by atoms with Crippen LogP contribution in [0.15, 0.2) is 0 Å². The van der Waals surface area contributed by atoms with E-state index in [0.717, 1.165) is 57.6 Å². The fourth-order valence-electron chi connectivity index (χ4n) is 3.10. The lowest BCUT2D eigenvalue weighted by Gasteiger charge is -2.38. The number of aromatic nitrogens is 1. The molecule has 0 unspecified atom stereocenters. The van der Waals surface area contributed by atoms with Gasteiger partial charge in [0.15, 0.2) is 0 Å². The van der Waals surface area contributed by atoms with Crippen molar-refractivity contribution in [2.75, 3.05) is 26.2 Å². The van der Waals surface area contributed by atoms with Gasteiger partial charge in [-0.25, -0.2) is 4.98 Å². The van der Waals surface area contributed by atoms with E-state index in [2.05, 4.69) is 42.9 Å². The van der Waals surface area contributed by atoms with Gasteiger partial charge in [0.25, 0.3) is 0 Å². The van der Waals surface area contributed by atoms with Gasteiger partial charge in [0.05, 0.1) is 16.1 Å². The Balaban J connectivity index is 1.75. The number of carbonyl (C=O) groups is 1. The van der Waals surface area contributed by atoms with Crippen LogP contribution in [-0.4, -0.2) is 42.0 Å². The van der Waals surface area contributed by atoms with Gasteiger partial charge < -0.3 is 10.2 Å². The summed E-state index contributed by atoms with van der Waals surface area (Å²) in [5, 5.41) is 4.33. The van der Waals surface area contributed by atoms with E-state index in [0.29, 0.717) is 0 Å². The van der Waals surface area contributed by atoms with Crippen LogP contribution in [0.2, 0.25) is 0 Å². The van der Waals surface area contributed by atoms with E-state index in [-0.39, 0.29) is 11.3 Å². The van der Waals surface area contributed by atoms with Gasteiger partial charge in [0, 0.05) is 24.4 Å². The molecule has 1 aromatic heterocycles. The minimum absolute atomic E-state index is 0.220. The van der Waals surface area contributed by atoms with Gasteiger partial charge in [-0.05, 0) is 53.1 Å². The Bertz CT molecular complexity index is 495. The minimum Gasteiger partial charge on any atom is -0.356 e. The third-order valence-electron chi connectivity index (χ3n) is 4.70. The average Bonchev–Trinajstić information content (AvgIpc) is 2.82. The molecule has 0 aromatic carbocycles. The van der Waals surface area contributed by atoms with Crippen LogP contribution >= 0.6 is 11.3 Å². The topological polar surface area (TPSA) is 45.2 Å². The SMILES string of the molecule is CCN1CCC[C@](C)(C(=O)NCCCc2nc(C)c(C)s2)C1. The first-order valence-electron chi connectivity index (χ1n) is 8.38. The quantitative estimate of drug-likeness (QED) is 0.819. The highest BCUT2D eigenvalue weighted by atomic mass is 32.1. The number of aryl methyl sites for hydroxylation is 3. The van der Waals surface area contributed by atoms with E-state index >= 15 is 0 Å². The molecular weight excluding hydrogens is 294 g/mol. The number of nitrogens with one attached hydrogen (secondary N) is 1. The Morgan fingerprint density at radius 2 is 2.23 bits per heavy atom. The lowest BCUT2D eigenvalue weighted by molar-refractivity contribution is -0.133. The van der Waals surface area contributed by atoms with Crippen molar-refractivity contribution in [1.82, 2.24) is 15.2 Å². The number of likely N-dealkylation sites (tertiary alicyclic amines) is 1. The zero-order valence-electron chi connectivity index (χ0n) is 14.4. The molecule has 1 aliphatic heterocycles. The highest BCUT2D eigenvalue weighted by molar-refractivity contribution is 7.11. The van der Waals surface area contributed by atoms with E-state index in [9.17, 15) is 4.79 Å². The Kier molecular flexibility index (Phi) is 5.98. The Morgan fingerprint density at radius 3 is 2.86 bits per heavy atom. The smallest absolute Gasteiger partial charge is 0.227 e. The van der Waals surface area contributed by atoms with Gasteiger partial charge >= 0.3 is 0 Å². The number of rotatable bonds is 6. The molecule has 2 rings (SSSR count). The Hall–Kier alpha value is -0.940. The molecule has 1 aliphatic rings. The van der Waals surface area contributed by atoms with Crippen molar-refractivity contribution >= 4 is 17.2 Å². The van der Waals surface area contributed by atoms with E-state index < -0.39 is 0 Å². The maximum Gasteiger partial charge on any atom is 0.227 e. The first kappa shape index (κ1) is 17.4. The molecule has 0 saturated carbocycles. The molecule has 1 amide bonds. The second-order valence-corrected chi connectivity index (χ2v) is 7.93. The molecule has 1 atom stereocenters. The molecule has 0 aliphatic carbocycles. The van der Waals surface area contributed by atoms with Crippen LogP contribution in [0.1, 0.15) is 48.7 Å². The fraction of sp³-hybridized carbons (Fsp3) is 0.765. The molecular formula is C17H29N3OS. The molecule has 1 fully saturated rings. The van der Waals surface area contributed by atoms with Crippen LogP contribution in [0.25, 0.3) is 0 Å². The van der Waals surface area contributed by atoms with E-state index in [1.165, 1.54) is 9.88 Å². The number of carbonyl (C=O) groups excluding carboxylic acids is 1. The lowest BCUT2D eigenvalue weighted by atomic mass is 9.81. The van der Waals surface area contributed by atoms with E-state index in [1.54, 1.807) is 11.3 Å². The van der Waals surface area contributed by atoms with E-state index in [1.807, 2.05) is 0 Å². The summed E-state index contributed by atoms with van der Waals surface area (Å²) >= 11 is 1.77. The number of hydrogen-bond acceptors (Lipinski definition) is 4. The maximum absolute atomic E-state index is 12.5. The summed E-state index contributed by atoms with van der Waals surface area (Å²) in [6, 6.07) is 0. The molecule has 2 heterocycles. The number of thiazole rings is 1. The minimum atomic E-state index is -0.220. The summed E-state index contributed by atoms with van der Waals surface area (Å²) in [5.74, 6) is 0.220. The number of piperidine rings is 1. The molecule has 4 nitrogen and oxygen atoms in total. The van der Waals surface area contributed by atoms with Crippen LogP contribution < -0.4 is 5.32 Å². The van der Waals surface area contributed by atoms with Gasteiger partial charge in [-0.15, -0.1) is 11.3 Å². The van der Waals surface area contributed by atoms with Gasteiger partial charge in [0.1, 0.15) is 0 Å². The lowest BCUT2D eigenvalue weighted by Crippen LogP contribution is -2.50. The van der Waals surface area contributed by atoms with Crippen molar-refractivity contribution in [2.45, 2.75) is 53.4 Å². The number of hydrogen-bond donors (Lipinski definition) is 1. The molecule has 1 N–H and O–H groups in total. The second-order valence-electron chi connectivity index (χ2n) is 6.64. The van der Waals surface area contributed by atoms with Gasteiger partial charge in [0.2, 0.25) is 5.91 Å². The third-order valence-corrected chi connectivity index (χ3v) is 5.83. The monoisotopic (exact) mass is 323 g/mol. The van der Waals surface area contributed by atoms with Crippen molar-refractivity contribution in [3.05, 3.63) is 15.6 Å². The third kappa shape index (κ3) is 4.29. The van der Waals surface area contributed by atoms with Crippen molar-refractivity contribution in [1.29, 1.82) is 0 Å². The predicted octanol–water partition coefficient (Wildman–Crippen LogP) is 2.93. The van der Waals surface area contributed by atoms with Crippen molar-refractivity contribution < 1.29 is 4.79 Å². The van der Waals surface area contributed by atoms with Crippen LogP contribution in [0, 0.1) is 19.3 Å². The molecule has 124 valence electrons. The zero-order valence-corrected chi connectivity index (χ0v) is 15.2. The molecule has 0 bridgehead atoms. The van der Waals surface area contributed by atoms with Crippen molar-refractivity contribution in [3.63, 3.8) is 0 Å². The largest absolute Gasteiger partial charge is 0.356 e. The molecule has 0 radical (unpaired) electrons. The van der Waals surface area contributed by atoms with Crippen molar-refractivity contribution in [2.24, 2.45) is 5.41 Å². The molecule has 1 saturated heterocycles. The fourth-order valence-corrected chi connectivity index (χ4v) is 4.08. The summed E-state index contributed by atoms with van der Waals surface area (Å²) in [5.41, 5.74) is 0.918. The highest BCUT2D eigenvalue weighted by Gasteiger charge is 2.36. The standard InChI is InChI=1S/C17H29N3OS/c1-5-20-11-7-9-17(4,12-20)16(21)18-10-6-8-15-19-13(2)14(3)22-15/h5-12H2,1-4H3,(H,18,21)/t17-/m0/s1. The Labute approximate surface area is 138 Å². The maximum atomic E-state index is 12.5. The first-order chi connectivity index (χ1) is 10.4. The summed E-state index contributed by atoms with van der Waals surface area (Å²) in [6.45, 7) is 12.2. The summed E-state index contributed by atoms with van der Waals surface area (Å²) in [4.78, 5) is 20.7. The van der Waals surface area contributed by atoms with Gasteiger partial charge in [-0.1, -0.05) is 6.92 Å². The van der Waals surface area contributed by atoms with Gasteiger partial charge in [-0.2, -0.15) is 0 Å². The van der Waals surface area contributed by atoms with E-state index in [4.69, 9.17) is 0 Å². The first-order valence-corrected chi connectivity index (χ1v) is 9.20. The number of nitrogens with zero attached hydrogens (tertiary/aromatic N) is 2. The summed E-state index contributed by atoms with van der Waals surface area (Å²) < 4.78 is 0. The molecule has 0 spiro atoms. The van der Waals surface area contributed by atoms with Crippen LogP contribution in [-0.2, 0) is 11.2 Å². The van der Waals surface area contributed by atoms with Crippen LogP contribution in [0.4, 0.5) is 0 Å². The summed E-state index contributed by atoms with van der Waals surface area (Å²) in [7, 11) is 0. The zero-order chi connectivity index (χ0) is 16.2. The second kappa shape index (κ2) is 7.55. The Morgan fingerprint density at radius 1 is 1.45 bits per heavy atom. The normalized spacial score (nSPS) is 22.7.